The topological polar surface area (TPSA) is 84.6 Å². The quantitative estimate of drug-likeness (QED) is 0.621. The van der Waals surface area contributed by atoms with Crippen molar-refractivity contribution in [2.24, 2.45) is 0 Å². The molecule has 0 spiro atoms. The summed E-state index contributed by atoms with van der Waals surface area (Å²) in [6.45, 7) is 0.537. The zero-order valence-electron chi connectivity index (χ0n) is 12.3. The van der Waals surface area contributed by atoms with Crippen molar-refractivity contribution in [2.45, 2.75) is 44.2 Å². The number of hydrogen-bond acceptors (Lipinski definition) is 5. The van der Waals surface area contributed by atoms with Gasteiger partial charge < -0.3 is 15.2 Å². The van der Waals surface area contributed by atoms with Gasteiger partial charge >= 0.3 is 0 Å². The lowest BCUT2D eigenvalue weighted by atomic mass is 9.82. The number of aliphatic hydroxyl groups is 1. The maximum absolute atomic E-state index is 10.9. The van der Waals surface area contributed by atoms with Gasteiger partial charge in [-0.05, 0) is 18.9 Å². The monoisotopic (exact) mass is 294 g/mol. The number of hydrogen-bond donors (Lipinski definition) is 2. The van der Waals surface area contributed by atoms with Gasteiger partial charge in [-0.25, -0.2) is 0 Å². The molecule has 0 aromatic heterocycles. The summed E-state index contributed by atoms with van der Waals surface area (Å²) in [7, 11) is 1.55. The van der Waals surface area contributed by atoms with Crippen molar-refractivity contribution in [3.8, 4) is 5.75 Å². The fourth-order valence-electron chi connectivity index (χ4n) is 2.92. The van der Waals surface area contributed by atoms with Crippen LogP contribution in [-0.2, 0) is 6.54 Å². The largest absolute Gasteiger partial charge is 0.496 e. The maximum atomic E-state index is 10.9. The number of ether oxygens (including phenoxy) is 1. The molecule has 0 amide bonds. The number of nitro benzene ring substituents is 1. The van der Waals surface area contributed by atoms with Crippen molar-refractivity contribution in [1.29, 1.82) is 0 Å². The second kappa shape index (κ2) is 6.87. The molecule has 0 unspecified atom stereocenters. The van der Waals surface area contributed by atoms with E-state index in [1.54, 1.807) is 13.2 Å². The Morgan fingerprint density at radius 1 is 1.38 bits per heavy atom. The first kappa shape index (κ1) is 15.7. The van der Waals surface area contributed by atoms with E-state index in [9.17, 15) is 15.2 Å². The molecule has 6 heteroatoms. The Labute approximate surface area is 124 Å². The molecular formula is C15H22N2O4. The fraction of sp³-hybridized carbons (Fsp3) is 0.600. The van der Waals surface area contributed by atoms with Gasteiger partial charge in [-0.3, -0.25) is 10.1 Å². The van der Waals surface area contributed by atoms with Crippen LogP contribution in [0.4, 0.5) is 5.69 Å². The molecule has 2 rings (SSSR count). The second-order valence-electron chi connectivity index (χ2n) is 5.61. The summed E-state index contributed by atoms with van der Waals surface area (Å²) in [6, 6.07) is 4.58. The molecule has 0 bridgehead atoms. The Balaban J connectivity index is 2.13. The average Bonchev–Trinajstić information content (AvgIpc) is 2.53. The SMILES string of the molecule is COc1ccc([N+](=O)[O-])cc1CNC1(CO)CCCCC1. The van der Waals surface area contributed by atoms with Gasteiger partial charge in [0.25, 0.3) is 5.69 Å². The van der Waals surface area contributed by atoms with Gasteiger partial charge in [-0.15, -0.1) is 0 Å². The van der Waals surface area contributed by atoms with Crippen LogP contribution in [-0.4, -0.2) is 29.3 Å². The first-order valence-corrected chi connectivity index (χ1v) is 7.27. The Morgan fingerprint density at radius 2 is 2.10 bits per heavy atom. The first-order chi connectivity index (χ1) is 10.1. The molecular weight excluding hydrogens is 272 g/mol. The molecule has 0 saturated heterocycles. The molecule has 1 saturated carbocycles. The summed E-state index contributed by atoms with van der Waals surface area (Å²) < 4.78 is 5.26. The number of nitro groups is 1. The van der Waals surface area contributed by atoms with E-state index in [4.69, 9.17) is 4.74 Å². The lowest BCUT2D eigenvalue weighted by Crippen LogP contribution is -2.49. The molecule has 0 heterocycles. The molecule has 1 aromatic rings. The van der Waals surface area contributed by atoms with Crippen molar-refractivity contribution in [1.82, 2.24) is 5.32 Å². The Hall–Kier alpha value is -1.66. The third-order valence-corrected chi connectivity index (χ3v) is 4.24. The van der Waals surface area contributed by atoms with Crippen LogP contribution in [0.5, 0.6) is 5.75 Å². The number of non-ortho nitro benzene ring substituents is 1. The summed E-state index contributed by atoms with van der Waals surface area (Å²) in [5, 5.41) is 24.0. The van der Waals surface area contributed by atoms with E-state index in [2.05, 4.69) is 5.32 Å². The molecule has 116 valence electrons. The van der Waals surface area contributed by atoms with Gasteiger partial charge in [0, 0.05) is 29.8 Å². The van der Waals surface area contributed by atoms with Crippen LogP contribution in [0, 0.1) is 10.1 Å². The summed E-state index contributed by atoms with van der Waals surface area (Å²) in [5.41, 5.74) is 0.521. The van der Waals surface area contributed by atoms with Gasteiger partial charge in [0.1, 0.15) is 5.75 Å². The number of nitrogens with one attached hydrogen (secondary N) is 1. The zero-order valence-corrected chi connectivity index (χ0v) is 12.3. The number of benzene rings is 1. The second-order valence-corrected chi connectivity index (χ2v) is 5.61. The van der Waals surface area contributed by atoms with Gasteiger partial charge in [0.05, 0.1) is 18.6 Å². The molecule has 0 radical (unpaired) electrons. The lowest BCUT2D eigenvalue weighted by Gasteiger charge is -2.36. The predicted molar refractivity (Wildman–Crippen MR) is 79.4 cm³/mol. The Bertz CT molecular complexity index is 498. The Kier molecular flexibility index (Phi) is 5.14. The number of rotatable bonds is 6. The normalized spacial score (nSPS) is 17.4. The highest BCUT2D eigenvalue weighted by Crippen LogP contribution is 2.30. The van der Waals surface area contributed by atoms with E-state index in [1.807, 2.05) is 0 Å². The summed E-state index contributed by atoms with van der Waals surface area (Å²) in [6.07, 6.45) is 5.25. The highest BCUT2D eigenvalue weighted by molar-refractivity contribution is 5.43. The highest BCUT2D eigenvalue weighted by Gasteiger charge is 2.30. The summed E-state index contributed by atoms with van der Waals surface area (Å²) >= 11 is 0. The molecule has 1 aromatic carbocycles. The van der Waals surface area contributed by atoms with Crippen LogP contribution >= 0.6 is 0 Å². The molecule has 21 heavy (non-hydrogen) atoms. The van der Waals surface area contributed by atoms with E-state index < -0.39 is 4.92 Å². The van der Waals surface area contributed by atoms with Crippen molar-refractivity contribution < 1.29 is 14.8 Å². The smallest absolute Gasteiger partial charge is 0.270 e. The maximum Gasteiger partial charge on any atom is 0.270 e. The van der Waals surface area contributed by atoms with Gasteiger partial charge in [0.2, 0.25) is 0 Å². The molecule has 6 nitrogen and oxygen atoms in total. The first-order valence-electron chi connectivity index (χ1n) is 7.27. The van der Waals surface area contributed by atoms with Crippen LogP contribution < -0.4 is 10.1 Å². The highest BCUT2D eigenvalue weighted by atomic mass is 16.6. The van der Waals surface area contributed by atoms with Crippen LogP contribution in [0.1, 0.15) is 37.7 Å². The zero-order chi connectivity index (χ0) is 15.3. The number of nitrogens with zero attached hydrogens (tertiary/aromatic N) is 1. The van der Waals surface area contributed by atoms with Gasteiger partial charge in [0.15, 0.2) is 0 Å². The van der Waals surface area contributed by atoms with Crippen molar-refractivity contribution >= 4 is 5.69 Å². The van der Waals surface area contributed by atoms with Crippen LogP contribution in [0.2, 0.25) is 0 Å². The number of methoxy groups -OCH3 is 1. The molecule has 0 atom stereocenters. The van der Waals surface area contributed by atoms with Crippen LogP contribution in [0.3, 0.4) is 0 Å². The molecule has 1 aliphatic rings. The fourth-order valence-corrected chi connectivity index (χ4v) is 2.92. The predicted octanol–water partition coefficient (Wildman–Crippen LogP) is 2.39. The summed E-state index contributed by atoms with van der Waals surface area (Å²) in [4.78, 5) is 10.5. The molecule has 2 N–H and O–H groups in total. The van der Waals surface area contributed by atoms with Crippen molar-refractivity contribution in [2.75, 3.05) is 13.7 Å². The molecule has 1 aliphatic carbocycles. The minimum atomic E-state index is -0.411. The van der Waals surface area contributed by atoms with Crippen molar-refractivity contribution in [3.63, 3.8) is 0 Å². The lowest BCUT2D eigenvalue weighted by molar-refractivity contribution is -0.384. The van der Waals surface area contributed by atoms with Gasteiger partial charge in [-0.2, -0.15) is 0 Å². The van der Waals surface area contributed by atoms with E-state index in [1.165, 1.54) is 18.6 Å². The van der Waals surface area contributed by atoms with Crippen LogP contribution in [0.15, 0.2) is 18.2 Å². The molecule has 1 fully saturated rings. The van der Waals surface area contributed by atoms with E-state index in [0.717, 1.165) is 31.2 Å². The minimum Gasteiger partial charge on any atom is -0.496 e. The van der Waals surface area contributed by atoms with E-state index in [0.29, 0.717) is 12.3 Å². The Morgan fingerprint density at radius 3 is 2.67 bits per heavy atom. The number of aliphatic hydroxyl groups excluding tert-OH is 1. The van der Waals surface area contributed by atoms with Crippen molar-refractivity contribution in [3.05, 3.63) is 33.9 Å². The van der Waals surface area contributed by atoms with E-state index >= 15 is 0 Å². The minimum absolute atomic E-state index is 0.0503. The molecule has 0 aliphatic heterocycles. The third-order valence-electron chi connectivity index (χ3n) is 4.24. The van der Waals surface area contributed by atoms with Crippen LogP contribution in [0.25, 0.3) is 0 Å². The van der Waals surface area contributed by atoms with Gasteiger partial charge in [-0.1, -0.05) is 19.3 Å². The third kappa shape index (κ3) is 3.71. The standard InChI is InChI=1S/C15H22N2O4/c1-21-14-6-5-13(17(19)20)9-12(14)10-16-15(11-18)7-3-2-4-8-15/h5-6,9,16,18H,2-4,7-8,10-11H2,1H3. The summed E-state index contributed by atoms with van der Waals surface area (Å²) in [5.74, 6) is 0.622. The van der Waals surface area contributed by atoms with E-state index in [-0.39, 0.29) is 17.8 Å². The average molecular weight is 294 g/mol.